The van der Waals surface area contributed by atoms with E-state index in [2.05, 4.69) is 14.5 Å². The summed E-state index contributed by atoms with van der Waals surface area (Å²) in [6.45, 7) is -1.72. The summed E-state index contributed by atoms with van der Waals surface area (Å²) in [5.41, 5.74) is 1.84. The largest absolute Gasteiger partial charge is 0.479 e. The highest BCUT2D eigenvalue weighted by atomic mass is 17.2. The van der Waals surface area contributed by atoms with Gasteiger partial charge >= 0.3 is 29.8 Å². The van der Waals surface area contributed by atoms with Gasteiger partial charge in [0, 0.05) is 0 Å². The van der Waals surface area contributed by atoms with E-state index in [-0.39, 0.29) is 66.4 Å². The Kier molecular flexibility index (Phi) is 28.2. The standard InChI is InChI=1S/C23H28O10.C9H14O10/c24-22(29-18-23(25)28-15-20-7-3-1-4-8-20)17-27-19-26-11-12-30-31-13-14-32-33-16-21-9-5-2-6-10-21;10-7(11)3-17-9(14)5-16-6-15-1-2-18-19-4-8(12)13/h1-10H,11-19H2;1-6H2,(H,10,11)(H,12,13). The molecule has 20 heteroatoms. The molecule has 2 N–H and O–H groups in total. The van der Waals surface area contributed by atoms with Crippen LogP contribution in [-0.2, 0) is 99.7 Å². The van der Waals surface area contributed by atoms with Crippen LogP contribution in [-0.4, -0.2) is 126 Å². The molecular formula is C32H42O20. The predicted octanol–water partition coefficient (Wildman–Crippen LogP) is 0.998. The van der Waals surface area contributed by atoms with Crippen molar-refractivity contribution >= 4 is 29.8 Å². The van der Waals surface area contributed by atoms with Gasteiger partial charge in [-0.1, -0.05) is 60.7 Å². The molecule has 0 unspecified atom stereocenters. The topological polar surface area (TPSA) is 246 Å². The van der Waals surface area contributed by atoms with Crippen LogP contribution in [0.4, 0.5) is 0 Å². The van der Waals surface area contributed by atoms with E-state index in [1.807, 2.05) is 60.7 Å². The summed E-state index contributed by atoms with van der Waals surface area (Å²) in [5.74, 6) is -4.60. The number of benzene rings is 2. The van der Waals surface area contributed by atoms with Gasteiger partial charge in [0.15, 0.2) is 19.8 Å². The molecule has 52 heavy (non-hydrogen) atoms. The number of carbonyl (C=O) groups excluding carboxylic acids is 3. The van der Waals surface area contributed by atoms with Gasteiger partial charge in [0.2, 0.25) is 0 Å². The quantitative estimate of drug-likeness (QED) is 0.0283. The fourth-order valence-corrected chi connectivity index (χ4v) is 2.90. The molecule has 0 spiro atoms. The van der Waals surface area contributed by atoms with E-state index in [0.29, 0.717) is 6.61 Å². The molecule has 290 valence electrons. The highest BCUT2D eigenvalue weighted by Gasteiger charge is 2.09. The summed E-state index contributed by atoms with van der Waals surface area (Å²) in [4.78, 5) is 82.3. The number of hydrogen-bond donors (Lipinski definition) is 2. The van der Waals surface area contributed by atoms with Crippen molar-refractivity contribution in [3.63, 3.8) is 0 Å². The smallest absolute Gasteiger partial charge is 0.344 e. The summed E-state index contributed by atoms with van der Waals surface area (Å²) in [5, 5.41) is 16.4. The third-order valence-electron chi connectivity index (χ3n) is 5.10. The van der Waals surface area contributed by atoms with Gasteiger partial charge < -0.3 is 43.4 Å². The molecule has 2 aromatic rings. The molecular weight excluding hydrogens is 704 g/mol. The number of aliphatic carboxylic acids is 2. The Morgan fingerprint density at radius 1 is 0.404 bits per heavy atom. The fourth-order valence-electron chi connectivity index (χ4n) is 2.90. The third kappa shape index (κ3) is 30.2. The second-order valence-electron chi connectivity index (χ2n) is 9.30. The van der Waals surface area contributed by atoms with Gasteiger partial charge in [-0.15, -0.1) is 0 Å². The van der Waals surface area contributed by atoms with Gasteiger partial charge in [-0.2, -0.15) is 0 Å². The number of rotatable bonds is 30. The van der Waals surface area contributed by atoms with Crippen LogP contribution in [0, 0.1) is 0 Å². The number of esters is 3. The van der Waals surface area contributed by atoms with E-state index in [1.54, 1.807) is 0 Å². The van der Waals surface area contributed by atoms with E-state index >= 15 is 0 Å². The zero-order valence-corrected chi connectivity index (χ0v) is 28.1. The normalized spacial score (nSPS) is 10.5. The highest BCUT2D eigenvalue weighted by molar-refractivity contribution is 5.77. The Hall–Kier alpha value is -4.61. The van der Waals surface area contributed by atoms with Crippen molar-refractivity contribution < 1.29 is 96.7 Å². The molecule has 0 bridgehead atoms. The molecule has 0 saturated carbocycles. The maximum atomic E-state index is 11.5. The lowest BCUT2D eigenvalue weighted by molar-refractivity contribution is -0.347. The SMILES string of the molecule is O=C(COCOCCOOCCOOCc1ccccc1)OCC(=O)OCc1ccccc1.O=C(O)COOCCOCOCC(=O)OCC(=O)O. The van der Waals surface area contributed by atoms with E-state index in [4.69, 9.17) is 58.2 Å². The maximum Gasteiger partial charge on any atom is 0.344 e. The van der Waals surface area contributed by atoms with E-state index in [1.165, 1.54) is 0 Å². The Labute approximate surface area is 297 Å². The summed E-state index contributed by atoms with van der Waals surface area (Å²) >= 11 is 0. The van der Waals surface area contributed by atoms with Crippen LogP contribution in [0.15, 0.2) is 60.7 Å². The summed E-state index contributed by atoms with van der Waals surface area (Å²) in [7, 11) is 0. The first-order valence-corrected chi connectivity index (χ1v) is 15.3. The molecule has 0 aliphatic rings. The molecule has 0 aliphatic carbocycles. The van der Waals surface area contributed by atoms with E-state index in [9.17, 15) is 24.0 Å². The average molecular weight is 747 g/mol. The van der Waals surface area contributed by atoms with E-state index in [0.717, 1.165) is 11.1 Å². The van der Waals surface area contributed by atoms with Crippen LogP contribution in [0.3, 0.4) is 0 Å². The molecule has 0 radical (unpaired) electrons. The van der Waals surface area contributed by atoms with Gasteiger partial charge in [0.1, 0.15) is 66.4 Å². The van der Waals surface area contributed by atoms with E-state index < -0.39 is 56.3 Å². The molecule has 0 amide bonds. The van der Waals surface area contributed by atoms with Crippen molar-refractivity contribution in [2.45, 2.75) is 13.2 Å². The molecule has 20 nitrogen and oxygen atoms in total. The van der Waals surface area contributed by atoms with Gasteiger partial charge in [0.25, 0.3) is 0 Å². The lowest BCUT2D eigenvalue weighted by Gasteiger charge is -2.08. The zero-order valence-electron chi connectivity index (χ0n) is 28.1. The van der Waals surface area contributed by atoms with Crippen molar-refractivity contribution in [2.24, 2.45) is 0 Å². The summed E-state index contributed by atoms with van der Waals surface area (Å²) in [6.07, 6.45) is 0. The Balaban J connectivity index is 0.000000607. The molecule has 2 rings (SSSR count). The molecule has 0 aliphatic heterocycles. The second-order valence-corrected chi connectivity index (χ2v) is 9.30. The van der Waals surface area contributed by atoms with Crippen LogP contribution in [0.25, 0.3) is 0 Å². The summed E-state index contributed by atoms with van der Waals surface area (Å²) < 4.78 is 33.6. The highest BCUT2D eigenvalue weighted by Crippen LogP contribution is 2.02. The molecule has 0 fully saturated rings. The molecule has 0 aromatic heterocycles. The van der Waals surface area contributed by atoms with Crippen molar-refractivity contribution in [1.29, 1.82) is 0 Å². The minimum atomic E-state index is -1.26. The van der Waals surface area contributed by atoms with Crippen LogP contribution in [0.2, 0.25) is 0 Å². The third-order valence-corrected chi connectivity index (χ3v) is 5.10. The van der Waals surface area contributed by atoms with Crippen molar-refractivity contribution in [3.8, 4) is 0 Å². The van der Waals surface area contributed by atoms with Crippen LogP contribution >= 0.6 is 0 Å². The number of ether oxygens (including phenoxy) is 7. The Bertz CT molecular complexity index is 1230. The van der Waals surface area contributed by atoms with Gasteiger partial charge in [-0.25, -0.2) is 53.3 Å². The van der Waals surface area contributed by atoms with Gasteiger partial charge in [-0.05, 0) is 11.1 Å². The number of carbonyl (C=O) groups is 5. The van der Waals surface area contributed by atoms with Crippen molar-refractivity contribution in [3.05, 3.63) is 71.8 Å². The fraction of sp³-hybridized carbons (Fsp3) is 0.469. The first-order valence-electron chi connectivity index (χ1n) is 15.3. The second kappa shape index (κ2) is 32.3. The summed E-state index contributed by atoms with van der Waals surface area (Å²) in [6, 6.07) is 18.8. The molecule has 0 saturated heterocycles. The van der Waals surface area contributed by atoms with Gasteiger partial charge in [0.05, 0.1) is 13.2 Å². The van der Waals surface area contributed by atoms with Crippen LogP contribution < -0.4 is 0 Å². The van der Waals surface area contributed by atoms with Crippen molar-refractivity contribution in [1.82, 2.24) is 0 Å². The molecule has 0 heterocycles. The molecule has 2 aromatic carbocycles. The number of carboxylic acid groups (broad SMARTS) is 2. The van der Waals surface area contributed by atoms with Crippen LogP contribution in [0.1, 0.15) is 11.1 Å². The Morgan fingerprint density at radius 2 is 0.827 bits per heavy atom. The first-order chi connectivity index (χ1) is 25.3. The van der Waals surface area contributed by atoms with Crippen LogP contribution in [0.5, 0.6) is 0 Å². The Morgan fingerprint density at radius 3 is 1.35 bits per heavy atom. The maximum absolute atomic E-state index is 11.5. The predicted molar refractivity (Wildman–Crippen MR) is 168 cm³/mol. The van der Waals surface area contributed by atoms with Gasteiger partial charge in [-0.3, -0.25) is 0 Å². The number of hydrogen-bond acceptors (Lipinski definition) is 18. The zero-order chi connectivity index (χ0) is 37.9. The minimum absolute atomic E-state index is 0.0138. The molecule has 0 atom stereocenters. The number of carboxylic acids is 2. The van der Waals surface area contributed by atoms with Crippen molar-refractivity contribution in [2.75, 3.05) is 86.3 Å². The minimum Gasteiger partial charge on any atom is -0.479 e. The lowest BCUT2D eigenvalue weighted by Crippen LogP contribution is -2.20. The lowest BCUT2D eigenvalue weighted by atomic mass is 10.2. The monoisotopic (exact) mass is 746 g/mol. The first kappa shape index (κ1) is 45.4. The average Bonchev–Trinajstić information content (AvgIpc) is 3.14.